The first kappa shape index (κ1) is 15.1. The number of nitrogen functional groups attached to an aromatic ring is 1. The Balaban J connectivity index is 2.18. The molecule has 0 aliphatic heterocycles. The molecule has 0 aromatic heterocycles. The summed E-state index contributed by atoms with van der Waals surface area (Å²) < 4.78 is 22.8. The fourth-order valence-corrected chi connectivity index (χ4v) is 3.43. The van der Waals surface area contributed by atoms with Crippen molar-refractivity contribution in [2.75, 3.05) is 24.2 Å². The van der Waals surface area contributed by atoms with Gasteiger partial charge in [0.05, 0.1) is 18.0 Å². The van der Waals surface area contributed by atoms with Gasteiger partial charge >= 0.3 is 0 Å². The molecule has 1 aromatic rings. The molecular formula is C13H21N3O3S. The lowest BCUT2D eigenvalue weighted by Gasteiger charge is -2.27. The lowest BCUT2D eigenvalue weighted by atomic mass is 9.87. The van der Waals surface area contributed by atoms with Crippen LogP contribution in [0.5, 0.6) is 0 Å². The van der Waals surface area contributed by atoms with E-state index in [1.54, 1.807) is 12.1 Å². The molecule has 0 saturated heterocycles. The van der Waals surface area contributed by atoms with Crippen molar-refractivity contribution in [3.8, 4) is 0 Å². The maximum absolute atomic E-state index is 11.4. The van der Waals surface area contributed by atoms with Crippen LogP contribution in [0.2, 0.25) is 0 Å². The molecule has 1 aromatic carbocycles. The molecule has 0 spiro atoms. The highest BCUT2D eigenvalue weighted by molar-refractivity contribution is 7.89. The molecule has 6 nitrogen and oxygen atoms in total. The van der Waals surface area contributed by atoms with Gasteiger partial charge in [-0.25, -0.2) is 13.6 Å². The van der Waals surface area contributed by atoms with Crippen molar-refractivity contribution in [3.63, 3.8) is 0 Å². The van der Waals surface area contributed by atoms with Crippen molar-refractivity contribution in [2.45, 2.75) is 30.6 Å². The molecule has 1 aliphatic carbocycles. The van der Waals surface area contributed by atoms with E-state index >= 15 is 0 Å². The predicted octanol–water partition coefficient (Wildman–Crippen LogP) is 0.881. The summed E-state index contributed by atoms with van der Waals surface area (Å²) in [6, 6.07) is 4.69. The van der Waals surface area contributed by atoms with Gasteiger partial charge in [-0.15, -0.1) is 0 Å². The first-order valence-corrected chi connectivity index (χ1v) is 8.19. The molecule has 1 aliphatic rings. The summed E-state index contributed by atoms with van der Waals surface area (Å²) in [5.74, 6) is 0. The van der Waals surface area contributed by atoms with E-state index < -0.39 is 10.0 Å². The fourth-order valence-electron chi connectivity index (χ4n) is 2.74. The molecule has 7 heteroatoms. The largest absolute Gasteiger partial charge is 0.396 e. The normalized spacial score (nSPS) is 18.1. The third-order valence-electron chi connectivity index (χ3n) is 4.03. The molecule has 0 atom stereocenters. The Morgan fingerprint density at radius 1 is 1.30 bits per heavy atom. The molecule has 112 valence electrons. The standard InChI is InChI=1S/C13H21N3O3S/c14-12-10(4-3-5-11(12)20(15,18)19)16-8-13(9-17)6-1-2-7-13/h3-5,16-17H,1-2,6-9,14H2,(H2,15,18,19). The Morgan fingerprint density at radius 3 is 2.50 bits per heavy atom. The lowest BCUT2D eigenvalue weighted by Crippen LogP contribution is -2.30. The van der Waals surface area contributed by atoms with Gasteiger partial charge in [-0.1, -0.05) is 18.9 Å². The van der Waals surface area contributed by atoms with Crippen LogP contribution in [0.15, 0.2) is 23.1 Å². The average molecular weight is 299 g/mol. The Hall–Kier alpha value is -1.31. The molecule has 1 saturated carbocycles. The smallest absolute Gasteiger partial charge is 0.240 e. The molecule has 2 rings (SSSR count). The maximum Gasteiger partial charge on any atom is 0.240 e. The van der Waals surface area contributed by atoms with Gasteiger partial charge < -0.3 is 16.2 Å². The summed E-state index contributed by atoms with van der Waals surface area (Å²) in [4.78, 5) is -0.0769. The highest BCUT2D eigenvalue weighted by Crippen LogP contribution is 2.38. The van der Waals surface area contributed by atoms with Crippen LogP contribution >= 0.6 is 0 Å². The highest BCUT2D eigenvalue weighted by Gasteiger charge is 2.33. The van der Waals surface area contributed by atoms with E-state index in [-0.39, 0.29) is 22.6 Å². The van der Waals surface area contributed by atoms with Crippen molar-refractivity contribution >= 4 is 21.4 Å². The van der Waals surface area contributed by atoms with Crippen LogP contribution in [0.25, 0.3) is 0 Å². The minimum atomic E-state index is -3.83. The monoisotopic (exact) mass is 299 g/mol. The first-order chi connectivity index (χ1) is 9.38. The van der Waals surface area contributed by atoms with Crippen LogP contribution < -0.4 is 16.2 Å². The van der Waals surface area contributed by atoms with E-state index in [0.717, 1.165) is 25.7 Å². The number of aliphatic hydroxyl groups excluding tert-OH is 1. The van der Waals surface area contributed by atoms with Gasteiger partial charge in [-0.3, -0.25) is 0 Å². The average Bonchev–Trinajstić information content (AvgIpc) is 2.85. The van der Waals surface area contributed by atoms with Gasteiger partial charge in [0.1, 0.15) is 4.90 Å². The van der Waals surface area contributed by atoms with E-state index in [4.69, 9.17) is 10.9 Å². The molecule has 6 N–H and O–H groups in total. The third kappa shape index (κ3) is 3.05. The number of rotatable bonds is 5. The van der Waals surface area contributed by atoms with E-state index in [1.165, 1.54) is 6.07 Å². The Bertz CT molecular complexity index is 581. The Morgan fingerprint density at radius 2 is 1.95 bits per heavy atom. The van der Waals surface area contributed by atoms with Crippen LogP contribution in [0, 0.1) is 5.41 Å². The van der Waals surface area contributed by atoms with Crippen molar-refractivity contribution in [3.05, 3.63) is 18.2 Å². The Labute approximate surface area is 119 Å². The molecular weight excluding hydrogens is 278 g/mol. The SMILES string of the molecule is Nc1c(NCC2(CO)CCCC2)cccc1S(N)(=O)=O. The van der Waals surface area contributed by atoms with Crippen LogP contribution in [-0.4, -0.2) is 26.7 Å². The fraction of sp³-hybridized carbons (Fsp3) is 0.538. The Kier molecular flexibility index (Phi) is 4.22. The summed E-state index contributed by atoms with van der Waals surface area (Å²) in [5.41, 5.74) is 6.38. The topological polar surface area (TPSA) is 118 Å². The number of hydrogen-bond donors (Lipinski definition) is 4. The molecule has 0 radical (unpaired) electrons. The summed E-state index contributed by atoms with van der Waals surface area (Å²) in [6.07, 6.45) is 4.14. The number of aliphatic hydroxyl groups is 1. The second kappa shape index (κ2) is 5.59. The zero-order valence-electron chi connectivity index (χ0n) is 11.3. The summed E-state index contributed by atoms with van der Waals surface area (Å²) in [7, 11) is -3.83. The quantitative estimate of drug-likeness (QED) is 0.602. The van der Waals surface area contributed by atoms with E-state index in [9.17, 15) is 13.5 Å². The summed E-state index contributed by atoms with van der Waals surface area (Å²) in [5, 5.41) is 17.8. The van der Waals surface area contributed by atoms with Crippen LogP contribution in [-0.2, 0) is 10.0 Å². The van der Waals surface area contributed by atoms with Gasteiger partial charge in [-0.2, -0.15) is 0 Å². The lowest BCUT2D eigenvalue weighted by molar-refractivity contribution is 0.142. The molecule has 0 unspecified atom stereocenters. The zero-order valence-corrected chi connectivity index (χ0v) is 12.1. The van der Waals surface area contributed by atoms with Crippen molar-refractivity contribution < 1.29 is 13.5 Å². The number of nitrogens with one attached hydrogen (secondary N) is 1. The van der Waals surface area contributed by atoms with Crippen LogP contribution in [0.4, 0.5) is 11.4 Å². The van der Waals surface area contributed by atoms with E-state index in [0.29, 0.717) is 12.2 Å². The van der Waals surface area contributed by atoms with Crippen molar-refractivity contribution in [1.82, 2.24) is 0 Å². The number of anilines is 2. The number of nitrogens with two attached hydrogens (primary N) is 2. The summed E-state index contributed by atoms with van der Waals surface area (Å²) >= 11 is 0. The van der Waals surface area contributed by atoms with Gasteiger partial charge in [0.15, 0.2) is 0 Å². The van der Waals surface area contributed by atoms with Gasteiger partial charge in [0, 0.05) is 12.0 Å². The number of hydrogen-bond acceptors (Lipinski definition) is 5. The minimum Gasteiger partial charge on any atom is -0.396 e. The number of benzene rings is 1. The highest BCUT2D eigenvalue weighted by atomic mass is 32.2. The minimum absolute atomic E-state index is 0.0769. The summed E-state index contributed by atoms with van der Waals surface area (Å²) in [6.45, 7) is 0.691. The van der Waals surface area contributed by atoms with Gasteiger partial charge in [0.25, 0.3) is 0 Å². The number of sulfonamides is 1. The molecule has 0 bridgehead atoms. The molecule has 0 amide bonds. The van der Waals surface area contributed by atoms with Crippen molar-refractivity contribution in [1.29, 1.82) is 0 Å². The van der Waals surface area contributed by atoms with Crippen LogP contribution in [0.3, 0.4) is 0 Å². The number of primary sulfonamides is 1. The molecule has 1 fully saturated rings. The first-order valence-electron chi connectivity index (χ1n) is 6.64. The zero-order chi connectivity index (χ0) is 14.8. The van der Waals surface area contributed by atoms with Gasteiger partial charge in [0.2, 0.25) is 10.0 Å². The third-order valence-corrected chi connectivity index (χ3v) is 5.00. The van der Waals surface area contributed by atoms with Gasteiger partial charge in [-0.05, 0) is 25.0 Å². The second-order valence-electron chi connectivity index (χ2n) is 5.48. The molecule has 20 heavy (non-hydrogen) atoms. The van der Waals surface area contributed by atoms with E-state index in [1.807, 2.05) is 0 Å². The number of para-hydroxylation sites is 1. The molecule has 0 heterocycles. The van der Waals surface area contributed by atoms with Crippen molar-refractivity contribution in [2.24, 2.45) is 10.6 Å². The maximum atomic E-state index is 11.4. The predicted molar refractivity (Wildman–Crippen MR) is 78.7 cm³/mol. The van der Waals surface area contributed by atoms with Crippen LogP contribution in [0.1, 0.15) is 25.7 Å². The van der Waals surface area contributed by atoms with E-state index in [2.05, 4.69) is 5.32 Å². The second-order valence-corrected chi connectivity index (χ2v) is 7.01.